The lowest BCUT2D eigenvalue weighted by Gasteiger charge is -2.28. The van der Waals surface area contributed by atoms with Gasteiger partial charge in [-0.1, -0.05) is 37.3 Å². The molecule has 3 nitrogen and oxygen atoms in total. The second kappa shape index (κ2) is 8.33. The molecule has 1 aromatic carbocycles. The average molecular weight is 303 g/mol. The number of hydrogen-bond acceptors (Lipinski definition) is 2. The fourth-order valence-electron chi connectivity index (χ4n) is 3.50. The third-order valence-electron chi connectivity index (χ3n) is 4.74. The van der Waals surface area contributed by atoms with Gasteiger partial charge < -0.3 is 10.4 Å². The molecule has 1 aliphatic rings. The molecule has 0 aliphatic heterocycles. The van der Waals surface area contributed by atoms with E-state index in [1.165, 1.54) is 5.56 Å². The molecular formula is C19H29NO2. The second-order valence-electron chi connectivity index (χ2n) is 6.89. The van der Waals surface area contributed by atoms with Crippen LogP contribution in [0.1, 0.15) is 57.4 Å². The Morgan fingerprint density at radius 3 is 2.41 bits per heavy atom. The number of carbonyl (C=O) groups is 1. The van der Waals surface area contributed by atoms with Crippen molar-refractivity contribution < 1.29 is 9.90 Å². The normalized spacial score (nSPS) is 24.5. The molecule has 1 aliphatic carbocycles. The van der Waals surface area contributed by atoms with Gasteiger partial charge in [-0.2, -0.15) is 0 Å². The lowest BCUT2D eigenvalue weighted by molar-refractivity contribution is -0.126. The summed E-state index contributed by atoms with van der Waals surface area (Å²) in [5.74, 6) is 1.30. The largest absolute Gasteiger partial charge is 0.393 e. The summed E-state index contributed by atoms with van der Waals surface area (Å²) >= 11 is 0. The first-order chi connectivity index (χ1) is 10.6. The number of hydrogen-bond donors (Lipinski definition) is 2. The number of carbonyl (C=O) groups excluding carboxylic acids is 1. The van der Waals surface area contributed by atoms with E-state index < -0.39 is 0 Å². The van der Waals surface area contributed by atoms with Crippen LogP contribution in [0.15, 0.2) is 30.3 Å². The zero-order chi connectivity index (χ0) is 15.9. The SMILES string of the molecule is CC(O)CC(C)CNC(=O)C1CCC(c2ccccc2)CC1. The highest BCUT2D eigenvalue weighted by Gasteiger charge is 2.27. The van der Waals surface area contributed by atoms with Gasteiger partial charge in [0.05, 0.1) is 6.10 Å². The summed E-state index contributed by atoms with van der Waals surface area (Å²) in [5.41, 5.74) is 1.41. The van der Waals surface area contributed by atoms with Gasteiger partial charge in [0.15, 0.2) is 0 Å². The minimum Gasteiger partial charge on any atom is -0.393 e. The molecule has 22 heavy (non-hydrogen) atoms. The topological polar surface area (TPSA) is 49.3 Å². The number of nitrogens with one attached hydrogen (secondary N) is 1. The first kappa shape index (κ1) is 17.0. The van der Waals surface area contributed by atoms with Crippen molar-refractivity contribution in [3.63, 3.8) is 0 Å². The summed E-state index contributed by atoms with van der Waals surface area (Å²) in [6.07, 6.45) is 4.61. The number of rotatable bonds is 6. The van der Waals surface area contributed by atoms with Gasteiger partial charge in [0.25, 0.3) is 0 Å². The van der Waals surface area contributed by atoms with Gasteiger partial charge in [-0.3, -0.25) is 4.79 Å². The molecule has 2 atom stereocenters. The highest BCUT2D eigenvalue weighted by Crippen LogP contribution is 2.35. The van der Waals surface area contributed by atoms with Gasteiger partial charge in [-0.05, 0) is 56.4 Å². The predicted molar refractivity (Wildman–Crippen MR) is 89.6 cm³/mol. The number of amides is 1. The molecule has 0 heterocycles. The van der Waals surface area contributed by atoms with Crippen molar-refractivity contribution in [3.8, 4) is 0 Å². The molecule has 1 amide bonds. The van der Waals surface area contributed by atoms with Crippen LogP contribution in [-0.4, -0.2) is 23.7 Å². The maximum atomic E-state index is 12.3. The van der Waals surface area contributed by atoms with E-state index in [2.05, 4.69) is 42.6 Å². The Labute approximate surface area is 134 Å². The quantitative estimate of drug-likeness (QED) is 0.845. The van der Waals surface area contributed by atoms with Crippen molar-refractivity contribution in [2.24, 2.45) is 11.8 Å². The van der Waals surface area contributed by atoms with E-state index in [4.69, 9.17) is 0 Å². The Hall–Kier alpha value is -1.35. The monoisotopic (exact) mass is 303 g/mol. The second-order valence-corrected chi connectivity index (χ2v) is 6.89. The van der Waals surface area contributed by atoms with Crippen LogP contribution in [0.4, 0.5) is 0 Å². The number of benzene rings is 1. The van der Waals surface area contributed by atoms with Crippen molar-refractivity contribution in [1.29, 1.82) is 0 Å². The molecular weight excluding hydrogens is 274 g/mol. The average Bonchev–Trinajstić information content (AvgIpc) is 2.53. The molecule has 0 bridgehead atoms. The standard InChI is InChI=1S/C19H29NO2/c1-14(12-15(2)21)13-20-19(22)18-10-8-17(9-11-18)16-6-4-3-5-7-16/h3-7,14-15,17-18,21H,8-13H2,1-2H3,(H,20,22). The first-order valence-corrected chi connectivity index (χ1v) is 8.57. The molecule has 1 fully saturated rings. The molecule has 0 radical (unpaired) electrons. The maximum absolute atomic E-state index is 12.3. The molecule has 2 N–H and O–H groups in total. The van der Waals surface area contributed by atoms with Crippen LogP contribution in [0.5, 0.6) is 0 Å². The molecule has 2 unspecified atom stereocenters. The molecule has 3 heteroatoms. The smallest absolute Gasteiger partial charge is 0.223 e. The van der Waals surface area contributed by atoms with E-state index in [1.54, 1.807) is 6.92 Å². The molecule has 0 spiro atoms. The minimum atomic E-state index is -0.298. The minimum absolute atomic E-state index is 0.165. The molecule has 1 saturated carbocycles. The first-order valence-electron chi connectivity index (χ1n) is 8.57. The Kier molecular flexibility index (Phi) is 6.44. The van der Waals surface area contributed by atoms with Crippen LogP contribution < -0.4 is 5.32 Å². The highest BCUT2D eigenvalue weighted by atomic mass is 16.3. The third-order valence-corrected chi connectivity index (χ3v) is 4.74. The van der Waals surface area contributed by atoms with Crippen LogP contribution in [0.25, 0.3) is 0 Å². The summed E-state index contributed by atoms with van der Waals surface area (Å²) in [6, 6.07) is 10.6. The molecule has 122 valence electrons. The van der Waals surface area contributed by atoms with Gasteiger partial charge in [-0.15, -0.1) is 0 Å². The van der Waals surface area contributed by atoms with Gasteiger partial charge in [0.1, 0.15) is 0 Å². The zero-order valence-electron chi connectivity index (χ0n) is 13.8. The number of aliphatic hydroxyl groups excluding tert-OH is 1. The molecule has 1 aromatic rings. The molecule has 2 rings (SSSR count). The van der Waals surface area contributed by atoms with Crippen LogP contribution in [0, 0.1) is 11.8 Å². The summed E-state index contributed by atoms with van der Waals surface area (Å²) in [5, 5.41) is 12.4. The van der Waals surface area contributed by atoms with Crippen LogP contribution >= 0.6 is 0 Å². The fraction of sp³-hybridized carbons (Fsp3) is 0.632. The fourth-order valence-corrected chi connectivity index (χ4v) is 3.50. The van der Waals surface area contributed by atoms with Gasteiger partial charge in [0.2, 0.25) is 5.91 Å². The molecule has 0 saturated heterocycles. The summed E-state index contributed by atoms with van der Waals surface area (Å²) in [6.45, 7) is 4.53. The Balaban J connectivity index is 1.73. The number of aliphatic hydroxyl groups is 1. The van der Waals surface area contributed by atoms with E-state index in [1.807, 2.05) is 0 Å². The maximum Gasteiger partial charge on any atom is 0.223 e. The lowest BCUT2D eigenvalue weighted by atomic mass is 9.78. The predicted octanol–water partition coefficient (Wildman–Crippen LogP) is 3.48. The Bertz CT molecular complexity index is 450. The van der Waals surface area contributed by atoms with Crippen molar-refractivity contribution in [2.45, 2.75) is 58.0 Å². The van der Waals surface area contributed by atoms with Crippen molar-refractivity contribution in [2.75, 3.05) is 6.54 Å². The van der Waals surface area contributed by atoms with Crippen LogP contribution in [-0.2, 0) is 4.79 Å². The van der Waals surface area contributed by atoms with E-state index >= 15 is 0 Å². The van der Waals surface area contributed by atoms with Gasteiger partial charge in [-0.25, -0.2) is 0 Å². The Morgan fingerprint density at radius 1 is 1.18 bits per heavy atom. The van der Waals surface area contributed by atoms with Crippen molar-refractivity contribution >= 4 is 5.91 Å². The van der Waals surface area contributed by atoms with Crippen LogP contribution in [0.3, 0.4) is 0 Å². The Morgan fingerprint density at radius 2 is 1.82 bits per heavy atom. The van der Waals surface area contributed by atoms with E-state index in [-0.39, 0.29) is 17.9 Å². The third kappa shape index (κ3) is 5.13. The lowest BCUT2D eigenvalue weighted by Crippen LogP contribution is -2.36. The van der Waals surface area contributed by atoms with Crippen molar-refractivity contribution in [1.82, 2.24) is 5.32 Å². The van der Waals surface area contributed by atoms with E-state index in [0.29, 0.717) is 18.4 Å². The summed E-state index contributed by atoms with van der Waals surface area (Å²) in [4.78, 5) is 12.3. The summed E-state index contributed by atoms with van der Waals surface area (Å²) < 4.78 is 0. The summed E-state index contributed by atoms with van der Waals surface area (Å²) in [7, 11) is 0. The van der Waals surface area contributed by atoms with Gasteiger partial charge in [0, 0.05) is 12.5 Å². The van der Waals surface area contributed by atoms with Crippen LogP contribution in [0.2, 0.25) is 0 Å². The van der Waals surface area contributed by atoms with Crippen molar-refractivity contribution in [3.05, 3.63) is 35.9 Å². The highest BCUT2D eigenvalue weighted by molar-refractivity contribution is 5.78. The molecule has 0 aromatic heterocycles. The zero-order valence-corrected chi connectivity index (χ0v) is 13.8. The van der Waals surface area contributed by atoms with E-state index in [9.17, 15) is 9.90 Å². The van der Waals surface area contributed by atoms with E-state index in [0.717, 1.165) is 32.1 Å². The van der Waals surface area contributed by atoms with Gasteiger partial charge >= 0.3 is 0 Å².